The number of carbonyl (C=O) groups is 1. The molecule has 1 rings (SSSR count). The van der Waals surface area contributed by atoms with Gasteiger partial charge in [-0.1, -0.05) is 6.92 Å². The largest absolute Gasteiger partial charge is 0.338 e. The lowest BCUT2D eigenvalue weighted by Crippen LogP contribution is -2.59. The standard InChI is InChI=1S/C11H23N3O/c1-5-10(12)11(15)14-6-8(2)13(4)9(3)7-14/h8-10H,5-7,12H2,1-4H3. The van der Waals surface area contributed by atoms with Gasteiger partial charge in [-0.25, -0.2) is 0 Å². The lowest BCUT2D eigenvalue weighted by Gasteiger charge is -2.43. The molecule has 1 aliphatic heterocycles. The quantitative estimate of drug-likeness (QED) is 0.716. The molecule has 1 fully saturated rings. The molecule has 1 aliphatic rings. The van der Waals surface area contributed by atoms with Crippen molar-refractivity contribution in [1.29, 1.82) is 0 Å². The van der Waals surface area contributed by atoms with Crippen LogP contribution in [0.25, 0.3) is 0 Å². The van der Waals surface area contributed by atoms with Crippen LogP contribution in [0, 0.1) is 0 Å². The van der Waals surface area contributed by atoms with Crippen molar-refractivity contribution in [2.24, 2.45) is 5.73 Å². The van der Waals surface area contributed by atoms with E-state index < -0.39 is 0 Å². The van der Waals surface area contributed by atoms with E-state index in [9.17, 15) is 4.79 Å². The van der Waals surface area contributed by atoms with Crippen LogP contribution >= 0.6 is 0 Å². The van der Waals surface area contributed by atoms with E-state index in [1.807, 2.05) is 11.8 Å². The van der Waals surface area contributed by atoms with Crippen LogP contribution in [0.5, 0.6) is 0 Å². The molecule has 4 nitrogen and oxygen atoms in total. The molecule has 2 N–H and O–H groups in total. The SMILES string of the molecule is CCC(N)C(=O)N1CC(C)N(C)C(C)C1. The Morgan fingerprint density at radius 3 is 2.27 bits per heavy atom. The maximum Gasteiger partial charge on any atom is 0.239 e. The van der Waals surface area contributed by atoms with Crippen molar-refractivity contribution in [3.05, 3.63) is 0 Å². The highest BCUT2D eigenvalue weighted by molar-refractivity contribution is 5.81. The van der Waals surface area contributed by atoms with Crippen LogP contribution in [0.3, 0.4) is 0 Å². The average molecular weight is 213 g/mol. The molecule has 0 aromatic rings. The van der Waals surface area contributed by atoms with Gasteiger partial charge in [-0.05, 0) is 27.3 Å². The first-order chi connectivity index (χ1) is 6.97. The Morgan fingerprint density at radius 2 is 1.87 bits per heavy atom. The molecule has 88 valence electrons. The third-order valence-corrected chi connectivity index (χ3v) is 3.43. The molecule has 0 radical (unpaired) electrons. The summed E-state index contributed by atoms with van der Waals surface area (Å²) in [7, 11) is 2.11. The normalized spacial score (nSPS) is 30.3. The first kappa shape index (κ1) is 12.5. The average Bonchev–Trinajstić information content (AvgIpc) is 2.23. The van der Waals surface area contributed by atoms with Crippen LogP contribution in [0.4, 0.5) is 0 Å². The number of nitrogens with two attached hydrogens (primary N) is 1. The van der Waals surface area contributed by atoms with Crippen LogP contribution in [0.15, 0.2) is 0 Å². The van der Waals surface area contributed by atoms with E-state index in [2.05, 4.69) is 25.8 Å². The van der Waals surface area contributed by atoms with Crippen molar-refractivity contribution in [1.82, 2.24) is 9.80 Å². The number of rotatable bonds is 2. The predicted octanol–water partition coefficient (Wildman–Crippen LogP) is 0.275. The fourth-order valence-electron chi connectivity index (χ4n) is 1.99. The highest BCUT2D eigenvalue weighted by atomic mass is 16.2. The van der Waals surface area contributed by atoms with E-state index in [-0.39, 0.29) is 11.9 Å². The molecule has 15 heavy (non-hydrogen) atoms. The van der Waals surface area contributed by atoms with Gasteiger partial charge in [-0.2, -0.15) is 0 Å². The van der Waals surface area contributed by atoms with Crippen LogP contribution in [-0.4, -0.2) is 54.0 Å². The fourth-order valence-corrected chi connectivity index (χ4v) is 1.99. The molecule has 1 saturated heterocycles. The second kappa shape index (κ2) is 4.94. The number of amides is 1. The molecule has 0 aromatic heterocycles. The highest BCUT2D eigenvalue weighted by Crippen LogP contribution is 2.14. The molecule has 0 spiro atoms. The molecule has 0 bridgehead atoms. The molecule has 3 unspecified atom stereocenters. The molecule has 3 atom stereocenters. The maximum absolute atomic E-state index is 11.9. The van der Waals surface area contributed by atoms with Gasteiger partial charge in [-0.15, -0.1) is 0 Å². The van der Waals surface area contributed by atoms with Crippen LogP contribution in [0.2, 0.25) is 0 Å². The minimum Gasteiger partial charge on any atom is -0.338 e. The Kier molecular flexibility index (Phi) is 4.11. The zero-order chi connectivity index (χ0) is 11.6. The topological polar surface area (TPSA) is 49.6 Å². The molecule has 4 heteroatoms. The monoisotopic (exact) mass is 213 g/mol. The molecule has 1 heterocycles. The number of piperazine rings is 1. The predicted molar refractivity (Wildman–Crippen MR) is 61.5 cm³/mol. The van der Waals surface area contributed by atoms with Crippen molar-refractivity contribution < 1.29 is 4.79 Å². The third kappa shape index (κ3) is 2.69. The van der Waals surface area contributed by atoms with E-state index in [1.54, 1.807) is 0 Å². The fraction of sp³-hybridized carbons (Fsp3) is 0.909. The Morgan fingerprint density at radius 1 is 1.40 bits per heavy atom. The Bertz CT molecular complexity index is 220. The molecule has 1 amide bonds. The first-order valence-corrected chi connectivity index (χ1v) is 5.73. The number of hydrogen-bond acceptors (Lipinski definition) is 3. The van der Waals surface area contributed by atoms with Crippen LogP contribution in [0.1, 0.15) is 27.2 Å². The zero-order valence-electron chi connectivity index (χ0n) is 10.2. The number of likely N-dealkylation sites (N-methyl/N-ethyl adjacent to an activating group) is 1. The van der Waals surface area contributed by atoms with Gasteiger partial charge in [0.1, 0.15) is 0 Å². The lowest BCUT2D eigenvalue weighted by atomic mass is 10.1. The van der Waals surface area contributed by atoms with Gasteiger partial charge >= 0.3 is 0 Å². The van der Waals surface area contributed by atoms with Crippen LogP contribution < -0.4 is 5.73 Å². The minimum absolute atomic E-state index is 0.101. The van der Waals surface area contributed by atoms with Gasteiger partial charge in [0.25, 0.3) is 0 Å². The summed E-state index contributed by atoms with van der Waals surface area (Å²) in [5, 5.41) is 0. The summed E-state index contributed by atoms with van der Waals surface area (Å²) < 4.78 is 0. The summed E-state index contributed by atoms with van der Waals surface area (Å²) in [4.78, 5) is 16.1. The van der Waals surface area contributed by atoms with Crippen molar-refractivity contribution in [2.45, 2.75) is 45.3 Å². The molecule has 0 aromatic carbocycles. The second-order valence-electron chi connectivity index (χ2n) is 4.62. The van der Waals surface area contributed by atoms with E-state index in [4.69, 9.17) is 5.73 Å². The van der Waals surface area contributed by atoms with Crippen LogP contribution in [-0.2, 0) is 4.79 Å². The highest BCUT2D eigenvalue weighted by Gasteiger charge is 2.30. The minimum atomic E-state index is -0.326. The number of hydrogen-bond donors (Lipinski definition) is 1. The summed E-state index contributed by atoms with van der Waals surface area (Å²) in [6.45, 7) is 7.84. The van der Waals surface area contributed by atoms with E-state index in [0.717, 1.165) is 13.1 Å². The number of carbonyl (C=O) groups excluding carboxylic acids is 1. The lowest BCUT2D eigenvalue weighted by molar-refractivity contribution is -0.136. The summed E-state index contributed by atoms with van der Waals surface area (Å²) in [5.74, 6) is 0.101. The zero-order valence-corrected chi connectivity index (χ0v) is 10.2. The molecule has 0 saturated carbocycles. The molecular formula is C11H23N3O. The first-order valence-electron chi connectivity index (χ1n) is 5.73. The smallest absolute Gasteiger partial charge is 0.239 e. The second-order valence-corrected chi connectivity index (χ2v) is 4.62. The summed E-state index contributed by atoms with van der Waals surface area (Å²) >= 11 is 0. The van der Waals surface area contributed by atoms with Gasteiger partial charge in [0.05, 0.1) is 6.04 Å². The van der Waals surface area contributed by atoms with Gasteiger partial charge in [0.2, 0.25) is 5.91 Å². The van der Waals surface area contributed by atoms with Crippen molar-refractivity contribution in [3.63, 3.8) is 0 Å². The van der Waals surface area contributed by atoms with E-state index in [0.29, 0.717) is 18.5 Å². The summed E-state index contributed by atoms with van der Waals surface area (Å²) in [6, 6.07) is 0.510. The van der Waals surface area contributed by atoms with Gasteiger partial charge < -0.3 is 10.6 Å². The van der Waals surface area contributed by atoms with E-state index in [1.165, 1.54) is 0 Å². The molecular weight excluding hydrogens is 190 g/mol. The van der Waals surface area contributed by atoms with Crippen molar-refractivity contribution in [2.75, 3.05) is 20.1 Å². The van der Waals surface area contributed by atoms with Crippen molar-refractivity contribution in [3.8, 4) is 0 Å². The third-order valence-electron chi connectivity index (χ3n) is 3.43. The van der Waals surface area contributed by atoms with Gasteiger partial charge in [-0.3, -0.25) is 9.69 Å². The maximum atomic E-state index is 11.9. The summed E-state index contributed by atoms with van der Waals surface area (Å²) in [6.07, 6.45) is 0.716. The Balaban J connectivity index is 2.61. The van der Waals surface area contributed by atoms with Gasteiger partial charge in [0, 0.05) is 25.2 Å². The van der Waals surface area contributed by atoms with Gasteiger partial charge in [0.15, 0.2) is 0 Å². The van der Waals surface area contributed by atoms with E-state index >= 15 is 0 Å². The Labute approximate surface area is 92.4 Å². The Hall–Kier alpha value is -0.610. The summed E-state index contributed by atoms with van der Waals surface area (Å²) in [5.41, 5.74) is 5.77. The number of nitrogens with zero attached hydrogens (tertiary/aromatic N) is 2. The van der Waals surface area contributed by atoms with Crippen molar-refractivity contribution >= 4 is 5.91 Å². The molecule has 0 aliphatic carbocycles.